The van der Waals surface area contributed by atoms with Crippen LogP contribution in [0.2, 0.25) is 5.02 Å². The van der Waals surface area contributed by atoms with Gasteiger partial charge in [0.2, 0.25) is 0 Å². The normalized spacial score (nSPS) is 10.3. The van der Waals surface area contributed by atoms with Crippen molar-refractivity contribution in [2.75, 3.05) is 5.32 Å². The first-order valence-electron chi connectivity index (χ1n) is 5.48. The zero-order valence-electron chi connectivity index (χ0n) is 10.2. The largest absolute Gasteiger partial charge is 0.351 e. The number of H-pyrrole nitrogens is 1. The van der Waals surface area contributed by atoms with E-state index in [0.29, 0.717) is 15.2 Å². The molecule has 0 saturated heterocycles. The van der Waals surface area contributed by atoms with Gasteiger partial charge < -0.3 is 10.3 Å². The smallest absolute Gasteiger partial charge is 0.287 e. The molecular weight excluding hydrogens is 350 g/mol. The van der Waals surface area contributed by atoms with Gasteiger partial charge >= 0.3 is 0 Å². The number of halogens is 2. The minimum atomic E-state index is -0.577. The minimum Gasteiger partial charge on any atom is -0.351 e. The number of hydrogen-bond acceptors (Lipinski definition) is 3. The maximum absolute atomic E-state index is 12.0. The molecule has 8 heteroatoms. The van der Waals surface area contributed by atoms with Crippen molar-refractivity contribution in [1.29, 1.82) is 0 Å². The number of aromatic nitrogens is 1. The van der Waals surface area contributed by atoms with E-state index in [2.05, 4.69) is 26.2 Å². The average molecular weight is 359 g/mol. The summed E-state index contributed by atoms with van der Waals surface area (Å²) in [5.41, 5.74) is 1.28. The van der Waals surface area contributed by atoms with Gasteiger partial charge in [-0.3, -0.25) is 14.9 Å². The summed E-state index contributed by atoms with van der Waals surface area (Å²) in [4.78, 5) is 24.5. The molecule has 1 aromatic carbocycles. The minimum absolute atomic E-state index is 0.0975. The second kappa shape index (κ2) is 5.64. The van der Waals surface area contributed by atoms with Crippen molar-refractivity contribution in [2.45, 2.75) is 6.92 Å². The molecule has 0 spiro atoms. The molecule has 0 fully saturated rings. The average Bonchev–Trinajstić information content (AvgIpc) is 2.85. The monoisotopic (exact) mass is 357 g/mol. The Labute approximate surface area is 127 Å². The van der Waals surface area contributed by atoms with E-state index in [1.54, 1.807) is 12.1 Å². The van der Waals surface area contributed by atoms with E-state index < -0.39 is 10.8 Å². The Hall–Kier alpha value is -1.86. The van der Waals surface area contributed by atoms with Crippen molar-refractivity contribution in [2.24, 2.45) is 0 Å². The third kappa shape index (κ3) is 3.00. The van der Waals surface area contributed by atoms with Crippen LogP contribution in [0.1, 0.15) is 16.1 Å². The van der Waals surface area contributed by atoms with Crippen molar-refractivity contribution in [3.63, 3.8) is 0 Å². The first kappa shape index (κ1) is 14.5. The molecule has 0 aliphatic heterocycles. The van der Waals surface area contributed by atoms with Gasteiger partial charge in [-0.2, -0.15) is 0 Å². The van der Waals surface area contributed by atoms with Crippen molar-refractivity contribution in [1.82, 2.24) is 4.98 Å². The lowest BCUT2D eigenvalue weighted by atomic mass is 10.2. The molecule has 0 radical (unpaired) electrons. The molecule has 0 aliphatic carbocycles. The van der Waals surface area contributed by atoms with Crippen LogP contribution < -0.4 is 5.32 Å². The molecular formula is C12H9BrClN3O3. The standard InChI is InChI=1S/C12H9BrClN3O3/c1-6-2-8(13)10(4-9(6)14)16-12(18)11-3-7(5-15-11)17(19)20/h2-5,15H,1H3,(H,16,18). The lowest BCUT2D eigenvalue weighted by Gasteiger charge is -2.08. The number of carbonyl (C=O) groups excluding carboxylic acids is 1. The third-order valence-corrected chi connectivity index (χ3v) is 3.68. The number of nitro groups is 1. The third-order valence-electron chi connectivity index (χ3n) is 2.62. The summed E-state index contributed by atoms with van der Waals surface area (Å²) in [6, 6.07) is 4.55. The molecule has 0 saturated carbocycles. The van der Waals surface area contributed by atoms with Crippen LogP contribution in [0.4, 0.5) is 11.4 Å². The molecule has 0 unspecified atom stereocenters. The zero-order chi connectivity index (χ0) is 14.9. The summed E-state index contributed by atoms with van der Waals surface area (Å²) in [5.74, 6) is -0.487. The van der Waals surface area contributed by atoms with Crippen molar-refractivity contribution < 1.29 is 9.72 Å². The fourth-order valence-corrected chi connectivity index (χ4v) is 2.27. The number of amides is 1. The van der Waals surface area contributed by atoms with Crippen LogP contribution in [0.3, 0.4) is 0 Å². The summed E-state index contributed by atoms with van der Waals surface area (Å²) < 4.78 is 0.675. The van der Waals surface area contributed by atoms with Crippen LogP contribution in [-0.2, 0) is 0 Å². The summed E-state index contributed by atoms with van der Waals surface area (Å²) in [5, 5.41) is 13.7. The second-order valence-electron chi connectivity index (χ2n) is 4.06. The van der Waals surface area contributed by atoms with Gasteiger partial charge in [0.25, 0.3) is 11.6 Å². The predicted molar refractivity (Wildman–Crippen MR) is 79.3 cm³/mol. The van der Waals surface area contributed by atoms with E-state index in [-0.39, 0.29) is 11.4 Å². The van der Waals surface area contributed by atoms with Gasteiger partial charge in [0.1, 0.15) is 5.69 Å². The van der Waals surface area contributed by atoms with Gasteiger partial charge in [0, 0.05) is 15.6 Å². The zero-order valence-corrected chi connectivity index (χ0v) is 12.6. The Kier molecular flexibility index (Phi) is 4.10. The number of nitrogens with one attached hydrogen (secondary N) is 2. The van der Waals surface area contributed by atoms with Gasteiger partial charge in [0.05, 0.1) is 16.8 Å². The molecule has 104 valence electrons. The van der Waals surface area contributed by atoms with Crippen LogP contribution in [0, 0.1) is 17.0 Å². The Morgan fingerprint density at radius 1 is 1.45 bits per heavy atom. The quantitative estimate of drug-likeness (QED) is 0.644. The number of carbonyl (C=O) groups is 1. The fourth-order valence-electron chi connectivity index (χ4n) is 1.55. The number of benzene rings is 1. The van der Waals surface area contributed by atoms with Crippen LogP contribution >= 0.6 is 27.5 Å². The molecule has 20 heavy (non-hydrogen) atoms. The number of rotatable bonds is 3. The predicted octanol–water partition coefficient (Wildman–Crippen LogP) is 3.90. The molecule has 0 atom stereocenters. The maximum atomic E-state index is 12.0. The molecule has 1 aromatic heterocycles. The number of aromatic amines is 1. The van der Waals surface area contributed by atoms with E-state index in [1.165, 1.54) is 6.07 Å². The highest BCUT2D eigenvalue weighted by atomic mass is 79.9. The van der Waals surface area contributed by atoms with Crippen LogP contribution in [0.25, 0.3) is 0 Å². The topological polar surface area (TPSA) is 88.0 Å². The van der Waals surface area contributed by atoms with E-state index >= 15 is 0 Å². The molecule has 2 aromatic rings. The van der Waals surface area contributed by atoms with Crippen LogP contribution in [0.15, 0.2) is 28.9 Å². The fraction of sp³-hybridized carbons (Fsp3) is 0.0833. The highest BCUT2D eigenvalue weighted by Crippen LogP contribution is 2.29. The Bertz CT molecular complexity index is 699. The first-order chi connectivity index (χ1) is 9.38. The molecule has 1 amide bonds. The highest BCUT2D eigenvalue weighted by molar-refractivity contribution is 9.10. The van der Waals surface area contributed by atoms with Gasteiger partial charge in [-0.1, -0.05) is 11.6 Å². The van der Waals surface area contributed by atoms with E-state index in [0.717, 1.165) is 11.8 Å². The maximum Gasteiger partial charge on any atom is 0.287 e. The molecule has 6 nitrogen and oxygen atoms in total. The van der Waals surface area contributed by atoms with Crippen LogP contribution in [0.5, 0.6) is 0 Å². The Morgan fingerprint density at radius 2 is 2.15 bits per heavy atom. The van der Waals surface area contributed by atoms with Crippen molar-refractivity contribution >= 4 is 44.8 Å². The van der Waals surface area contributed by atoms with Gasteiger partial charge in [-0.25, -0.2) is 0 Å². The number of anilines is 1. The van der Waals surface area contributed by atoms with Crippen LogP contribution in [-0.4, -0.2) is 15.8 Å². The summed E-state index contributed by atoms with van der Waals surface area (Å²) in [6.07, 6.45) is 1.16. The van der Waals surface area contributed by atoms with E-state index in [4.69, 9.17) is 11.6 Å². The SMILES string of the molecule is Cc1cc(Br)c(NC(=O)c2cc([N+](=O)[O-])c[nH]2)cc1Cl. The number of aryl methyl sites for hydroxylation is 1. The summed E-state index contributed by atoms with van der Waals surface area (Å²) >= 11 is 9.31. The summed E-state index contributed by atoms with van der Waals surface area (Å²) in [6.45, 7) is 1.84. The highest BCUT2D eigenvalue weighted by Gasteiger charge is 2.15. The summed E-state index contributed by atoms with van der Waals surface area (Å²) in [7, 11) is 0. The first-order valence-corrected chi connectivity index (χ1v) is 6.65. The number of nitrogens with zero attached hydrogens (tertiary/aromatic N) is 1. The molecule has 1 heterocycles. The lowest BCUT2D eigenvalue weighted by molar-refractivity contribution is -0.384. The van der Waals surface area contributed by atoms with Crippen molar-refractivity contribution in [3.05, 3.63) is 55.3 Å². The molecule has 0 bridgehead atoms. The lowest BCUT2D eigenvalue weighted by Crippen LogP contribution is -2.12. The number of hydrogen-bond donors (Lipinski definition) is 2. The van der Waals surface area contributed by atoms with E-state index in [9.17, 15) is 14.9 Å². The van der Waals surface area contributed by atoms with Crippen molar-refractivity contribution in [3.8, 4) is 0 Å². The van der Waals surface area contributed by atoms with Gasteiger partial charge in [0.15, 0.2) is 0 Å². The molecule has 2 N–H and O–H groups in total. The van der Waals surface area contributed by atoms with Gasteiger partial charge in [-0.15, -0.1) is 0 Å². The van der Waals surface area contributed by atoms with Gasteiger partial charge in [-0.05, 0) is 40.5 Å². The molecule has 0 aliphatic rings. The Balaban J connectivity index is 2.23. The second-order valence-corrected chi connectivity index (χ2v) is 5.33. The Morgan fingerprint density at radius 3 is 2.75 bits per heavy atom. The van der Waals surface area contributed by atoms with E-state index in [1.807, 2.05) is 6.92 Å². The molecule has 2 rings (SSSR count).